The van der Waals surface area contributed by atoms with E-state index in [0.717, 1.165) is 45.1 Å². The Hall–Kier alpha value is -0.610. The van der Waals surface area contributed by atoms with Gasteiger partial charge in [-0.05, 0) is 6.42 Å². The number of hydrogen-bond acceptors (Lipinski definition) is 4. The zero-order valence-electron chi connectivity index (χ0n) is 7.25. The summed E-state index contributed by atoms with van der Waals surface area (Å²) in [5.74, 6) is 1.15. The van der Waals surface area contributed by atoms with Crippen molar-refractivity contribution in [3.05, 3.63) is 0 Å². The van der Waals surface area contributed by atoms with Gasteiger partial charge in [-0.25, -0.2) is 5.01 Å². The van der Waals surface area contributed by atoms with Crippen molar-refractivity contribution in [3.8, 4) is 0 Å². The number of nitrogens with zero attached hydrogens (tertiary/aromatic N) is 2. The number of aliphatic imine (C=N–C) groups is 1. The molecule has 0 aromatic carbocycles. The van der Waals surface area contributed by atoms with Crippen LogP contribution in [-0.2, 0) is 4.74 Å². The van der Waals surface area contributed by atoms with E-state index in [4.69, 9.17) is 4.74 Å². The number of ether oxygens (including phenoxy) is 1. The topological polar surface area (TPSA) is 36.9 Å². The molecule has 0 unspecified atom stereocenters. The summed E-state index contributed by atoms with van der Waals surface area (Å²) in [6.45, 7) is 4.60. The lowest BCUT2D eigenvalue weighted by atomic mass is 10.3. The summed E-state index contributed by atoms with van der Waals surface area (Å²) in [5, 5.41) is 2.19. The van der Waals surface area contributed by atoms with Crippen molar-refractivity contribution < 1.29 is 4.74 Å². The Kier molecular flexibility index (Phi) is 2.58. The van der Waals surface area contributed by atoms with E-state index in [1.54, 1.807) is 0 Å². The molecule has 68 valence electrons. The predicted octanol–water partition coefficient (Wildman–Crippen LogP) is 0.0155. The van der Waals surface area contributed by atoms with Crippen LogP contribution in [0.2, 0.25) is 0 Å². The van der Waals surface area contributed by atoms with Crippen LogP contribution in [0.15, 0.2) is 4.99 Å². The van der Waals surface area contributed by atoms with Crippen LogP contribution in [-0.4, -0.2) is 43.7 Å². The fraction of sp³-hybridized carbons (Fsp3) is 0.875. The first-order chi connectivity index (χ1) is 5.95. The van der Waals surface area contributed by atoms with Crippen LogP contribution < -0.4 is 5.43 Å². The van der Waals surface area contributed by atoms with Crippen LogP contribution in [0.4, 0.5) is 0 Å². The quantitative estimate of drug-likeness (QED) is 0.601. The Bertz CT molecular complexity index is 175. The second kappa shape index (κ2) is 3.87. The van der Waals surface area contributed by atoms with E-state index in [0.29, 0.717) is 0 Å². The predicted molar refractivity (Wildman–Crippen MR) is 47.1 cm³/mol. The summed E-state index contributed by atoms with van der Waals surface area (Å²) in [6.07, 6.45) is 2.31. The van der Waals surface area contributed by atoms with Crippen LogP contribution in [0, 0.1) is 0 Å². The van der Waals surface area contributed by atoms with Gasteiger partial charge in [0.1, 0.15) is 5.84 Å². The number of nitrogens with one attached hydrogen (secondary N) is 1. The average Bonchev–Trinajstić information content (AvgIpc) is 2.59. The maximum atomic E-state index is 5.24. The molecule has 0 aliphatic carbocycles. The highest BCUT2D eigenvalue weighted by atomic mass is 16.5. The Morgan fingerprint density at radius 2 is 2.17 bits per heavy atom. The Morgan fingerprint density at radius 3 is 2.83 bits per heavy atom. The SMILES string of the molecule is C1CN=C(NN2CCOCC2)C1. The second-order valence-electron chi connectivity index (χ2n) is 3.14. The minimum Gasteiger partial charge on any atom is -0.379 e. The lowest BCUT2D eigenvalue weighted by Gasteiger charge is -2.27. The molecule has 1 fully saturated rings. The van der Waals surface area contributed by atoms with Crippen molar-refractivity contribution in [1.29, 1.82) is 0 Å². The van der Waals surface area contributed by atoms with E-state index in [9.17, 15) is 0 Å². The van der Waals surface area contributed by atoms with Crippen molar-refractivity contribution in [1.82, 2.24) is 10.4 Å². The molecule has 0 spiro atoms. The zero-order chi connectivity index (χ0) is 8.23. The normalized spacial score (nSPS) is 25.5. The van der Waals surface area contributed by atoms with Gasteiger partial charge in [-0.15, -0.1) is 0 Å². The molecule has 0 atom stereocenters. The first kappa shape index (κ1) is 8.01. The molecule has 4 heteroatoms. The van der Waals surface area contributed by atoms with Crippen LogP contribution in [0.25, 0.3) is 0 Å². The van der Waals surface area contributed by atoms with Gasteiger partial charge in [-0.2, -0.15) is 0 Å². The number of morpholine rings is 1. The molecule has 0 amide bonds. The summed E-state index contributed by atoms with van der Waals surface area (Å²) in [7, 11) is 0. The van der Waals surface area contributed by atoms with Crippen molar-refractivity contribution in [2.75, 3.05) is 32.8 Å². The Labute approximate surface area is 72.6 Å². The smallest absolute Gasteiger partial charge is 0.111 e. The van der Waals surface area contributed by atoms with Crippen LogP contribution in [0.5, 0.6) is 0 Å². The summed E-state index contributed by atoms with van der Waals surface area (Å²) in [4.78, 5) is 4.35. The monoisotopic (exact) mass is 169 g/mol. The van der Waals surface area contributed by atoms with Gasteiger partial charge in [-0.3, -0.25) is 4.99 Å². The molecule has 4 nitrogen and oxygen atoms in total. The fourth-order valence-electron chi connectivity index (χ4n) is 1.49. The van der Waals surface area contributed by atoms with Crippen molar-refractivity contribution in [3.63, 3.8) is 0 Å². The van der Waals surface area contributed by atoms with Gasteiger partial charge < -0.3 is 10.2 Å². The molecule has 2 aliphatic heterocycles. The average molecular weight is 169 g/mol. The van der Waals surface area contributed by atoms with Crippen LogP contribution in [0.3, 0.4) is 0 Å². The standard InChI is InChI=1S/C8H15N3O/c1-2-8(9-3-1)10-11-4-6-12-7-5-11/h1-7H2,(H,9,10). The maximum absolute atomic E-state index is 5.24. The molecule has 2 heterocycles. The molecule has 0 aromatic heterocycles. The van der Waals surface area contributed by atoms with E-state index >= 15 is 0 Å². The molecule has 0 radical (unpaired) electrons. The molecule has 2 rings (SSSR count). The van der Waals surface area contributed by atoms with E-state index in [-0.39, 0.29) is 0 Å². The highest BCUT2D eigenvalue weighted by Gasteiger charge is 2.13. The molecular formula is C8H15N3O. The van der Waals surface area contributed by atoms with E-state index in [2.05, 4.69) is 15.4 Å². The number of hydrazine groups is 1. The molecule has 1 saturated heterocycles. The Morgan fingerprint density at radius 1 is 1.33 bits per heavy atom. The zero-order valence-corrected chi connectivity index (χ0v) is 7.25. The van der Waals surface area contributed by atoms with Crippen molar-refractivity contribution in [2.45, 2.75) is 12.8 Å². The van der Waals surface area contributed by atoms with Crippen LogP contribution in [0.1, 0.15) is 12.8 Å². The third-order valence-corrected chi connectivity index (χ3v) is 2.17. The third-order valence-electron chi connectivity index (χ3n) is 2.17. The van der Waals surface area contributed by atoms with Gasteiger partial charge in [0.05, 0.1) is 13.2 Å². The Balaban J connectivity index is 1.77. The summed E-state index contributed by atoms with van der Waals surface area (Å²) < 4.78 is 5.24. The molecule has 1 N–H and O–H groups in total. The van der Waals surface area contributed by atoms with Gasteiger partial charge in [0, 0.05) is 26.1 Å². The highest BCUT2D eigenvalue weighted by Crippen LogP contribution is 2.02. The largest absolute Gasteiger partial charge is 0.379 e. The van der Waals surface area contributed by atoms with E-state index in [1.807, 2.05) is 0 Å². The van der Waals surface area contributed by atoms with Gasteiger partial charge in [0.25, 0.3) is 0 Å². The first-order valence-corrected chi connectivity index (χ1v) is 4.58. The molecule has 0 saturated carbocycles. The summed E-state index contributed by atoms with van der Waals surface area (Å²) in [5.41, 5.74) is 3.32. The molecule has 12 heavy (non-hydrogen) atoms. The van der Waals surface area contributed by atoms with Gasteiger partial charge in [-0.1, -0.05) is 0 Å². The first-order valence-electron chi connectivity index (χ1n) is 4.58. The maximum Gasteiger partial charge on any atom is 0.111 e. The summed E-state index contributed by atoms with van der Waals surface area (Å²) in [6, 6.07) is 0. The number of hydrogen-bond donors (Lipinski definition) is 1. The molecule has 0 bridgehead atoms. The molecular weight excluding hydrogens is 154 g/mol. The van der Waals surface area contributed by atoms with Crippen molar-refractivity contribution in [2.24, 2.45) is 4.99 Å². The van der Waals surface area contributed by atoms with Crippen molar-refractivity contribution >= 4 is 5.84 Å². The lowest BCUT2D eigenvalue weighted by molar-refractivity contribution is 0.0246. The fourth-order valence-corrected chi connectivity index (χ4v) is 1.49. The van der Waals surface area contributed by atoms with E-state index in [1.165, 1.54) is 6.42 Å². The minimum absolute atomic E-state index is 0.834. The van der Waals surface area contributed by atoms with Gasteiger partial charge in [0.2, 0.25) is 0 Å². The van der Waals surface area contributed by atoms with Gasteiger partial charge in [0.15, 0.2) is 0 Å². The summed E-state index contributed by atoms with van der Waals surface area (Å²) >= 11 is 0. The van der Waals surface area contributed by atoms with Crippen LogP contribution >= 0.6 is 0 Å². The molecule has 2 aliphatic rings. The minimum atomic E-state index is 0.834. The third kappa shape index (κ3) is 1.95. The number of rotatable bonds is 1. The second-order valence-corrected chi connectivity index (χ2v) is 3.14. The number of amidine groups is 1. The van der Waals surface area contributed by atoms with E-state index < -0.39 is 0 Å². The lowest BCUT2D eigenvalue weighted by Crippen LogP contribution is -2.47. The van der Waals surface area contributed by atoms with Gasteiger partial charge >= 0.3 is 0 Å². The molecule has 0 aromatic rings. The highest BCUT2D eigenvalue weighted by molar-refractivity contribution is 5.83.